The highest BCUT2D eigenvalue weighted by Gasteiger charge is 2.20. The number of nitrogens with zero attached hydrogens (tertiary/aromatic N) is 1. The molecule has 2 N–H and O–H groups in total. The van der Waals surface area contributed by atoms with Crippen molar-refractivity contribution in [2.24, 2.45) is 0 Å². The second-order valence-electron chi connectivity index (χ2n) is 10.2. The summed E-state index contributed by atoms with van der Waals surface area (Å²) in [5, 5.41) is 12.3. The van der Waals surface area contributed by atoms with E-state index in [1.807, 2.05) is 6.07 Å². The van der Waals surface area contributed by atoms with Crippen LogP contribution in [0.15, 0.2) is 59.5 Å². The summed E-state index contributed by atoms with van der Waals surface area (Å²) in [6, 6.07) is 14.6. The van der Waals surface area contributed by atoms with Gasteiger partial charge in [0.2, 0.25) is 5.91 Å². The molecule has 12 heteroatoms. The van der Waals surface area contributed by atoms with Gasteiger partial charge in [0.15, 0.2) is 12.4 Å². The normalized spacial score (nSPS) is 11.0. The van der Waals surface area contributed by atoms with E-state index in [4.69, 9.17) is 27.9 Å². The highest BCUT2D eigenvalue weighted by Crippen LogP contribution is 2.27. The fraction of sp³-hybridized carbons (Fsp3) is 0.312. The van der Waals surface area contributed by atoms with Gasteiger partial charge in [0.05, 0.1) is 22.1 Å². The second-order valence-corrected chi connectivity index (χ2v) is 12.7. The minimum Gasteiger partial charge on any atom is -0.483 e. The molecule has 0 saturated carbocycles. The molecule has 0 aliphatic rings. The zero-order chi connectivity index (χ0) is 32.3. The molecule has 0 aromatic heterocycles. The van der Waals surface area contributed by atoms with Crippen LogP contribution in [0.5, 0.6) is 5.75 Å². The van der Waals surface area contributed by atoms with Crippen molar-refractivity contribution in [3.63, 3.8) is 0 Å². The Morgan fingerprint density at radius 3 is 2.32 bits per heavy atom. The zero-order valence-electron chi connectivity index (χ0n) is 24.4. The highest BCUT2D eigenvalue weighted by atomic mass is 35.5. The lowest BCUT2D eigenvalue weighted by Gasteiger charge is -2.14. The number of amides is 2. The lowest BCUT2D eigenvalue weighted by atomic mass is 10.0. The number of ketones is 1. The molecule has 0 bridgehead atoms. The van der Waals surface area contributed by atoms with E-state index < -0.39 is 34.2 Å². The molecule has 0 atom stereocenters. The minimum absolute atomic E-state index is 0.0701. The highest BCUT2D eigenvalue weighted by molar-refractivity contribution is 7.90. The van der Waals surface area contributed by atoms with Gasteiger partial charge in [-0.3, -0.25) is 14.4 Å². The Bertz CT molecular complexity index is 1690. The van der Waals surface area contributed by atoms with Gasteiger partial charge in [-0.05, 0) is 73.5 Å². The predicted molar refractivity (Wildman–Crippen MR) is 170 cm³/mol. The number of nitriles is 1. The van der Waals surface area contributed by atoms with Crippen molar-refractivity contribution in [3.05, 3.63) is 86.9 Å². The quantitative estimate of drug-likeness (QED) is 0.133. The van der Waals surface area contributed by atoms with Crippen molar-refractivity contribution in [1.82, 2.24) is 4.72 Å². The summed E-state index contributed by atoms with van der Waals surface area (Å²) in [4.78, 5) is 38.0. The number of rotatable bonds is 15. The van der Waals surface area contributed by atoms with E-state index in [9.17, 15) is 28.1 Å². The molecule has 232 valence electrons. The second kappa shape index (κ2) is 16.2. The molecule has 0 fully saturated rings. The standard InChI is InChI=1S/C32H33Cl2N3O6S/c1-3-4-5-6-7-8-9-30(38)37-44(41,42)26-11-12-28(21(2)14-26)36-31(39)20-43-29-13-10-24(33)18-27(29)32(40)23-15-22(19-35)16-25(34)17-23/h10-18H,3-9,20H2,1-2H3,(H,36,39)(H,37,38). The molecule has 0 aliphatic heterocycles. The third-order valence-electron chi connectivity index (χ3n) is 6.62. The number of sulfonamides is 1. The first-order valence-electron chi connectivity index (χ1n) is 14.1. The SMILES string of the molecule is CCCCCCCCC(=O)NS(=O)(=O)c1ccc(NC(=O)COc2ccc(Cl)cc2C(=O)c2cc(Cl)cc(C#N)c2)c(C)c1. The molecule has 0 aliphatic carbocycles. The summed E-state index contributed by atoms with van der Waals surface area (Å²) in [7, 11) is -4.08. The van der Waals surface area contributed by atoms with Gasteiger partial charge in [0.25, 0.3) is 15.9 Å². The van der Waals surface area contributed by atoms with Crippen LogP contribution in [0, 0.1) is 18.3 Å². The lowest BCUT2D eigenvalue weighted by molar-refractivity contribution is -0.119. The van der Waals surface area contributed by atoms with Crippen LogP contribution in [0.2, 0.25) is 10.0 Å². The Kier molecular flexibility index (Phi) is 12.8. The number of benzene rings is 3. The van der Waals surface area contributed by atoms with Crippen LogP contribution in [0.25, 0.3) is 0 Å². The number of halogens is 2. The van der Waals surface area contributed by atoms with Gasteiger partial charge in [-0.15, -0.1) is 0 Å². The summed E-state index contributed by atoms with van der Waals surface area (Å²) in [5.74, 6) is -1.55. The fourth-order valence-electron chi connectivity index (χ4n) is 4.35. The zero-order valence-corrected chi connectivity index (χ0v) is 26.7. The number of ether oxygens (including phenoxy) is 1. The van der Waals surface area contributed by atoms with Gasteiger partial charge in [0.1, 0.15) is 5.75 Å². The Balaban J connectivity index is 1.62. The number of carbonyl (C=O) groups is 3. The molecular weight excluding hydrogens is 625 g/mol. The maximum Gasteiger partial charge on any atom is 0.264 e. The van der Waals surface area contributed by atoms with Crippen molar-refractivity contribution in [3.8, 4) is 11.8 Å². The van der Waals surface area contributed by atoms with E-state index in [2.05, 4.69) is 17.0 Å². The number of hydrogen-bond donors (Lipinski definition) is 2. The van der Waals surface area contributed by atoms with Crippen molar-refractivity contribution in [2.75, 3.05) is 11.9 Å². The van der Waals surface area contributed by atoms with E-state index in [1.165, 1.54) is 54.6 Å². The third kappa shape index (κ3) is 10.1. The average Bonchev–Trinajstić information content (AvgIpc) is 2.98. The van der Waals surface area contributed by atoms with E-state index in [1.54, 1.807) is 6.92 Å². The van der Waals surface area contributed by atoms with Crippen LogP contribution in [-0.2, 0) is 19.6 Å². The molecule has 3 rings (SSSR count). The molecule has 2 amide bonds. The summed E-state index contributed by atoms with van der Waals surface area (Å²) in [6.45, 7) is 3.26. The first-order chi connectivity index (χ1) is 20.9. The van der Waals surface area contributed by atoms with Gasteiger partial charge >= 0.3 is 0 Å². The van der Waals surface area contributed by atoms with Gasteiger partial charge in [-0.25, -0.2) is 13.1 Å². The Morgan fingerprint density at radius 2 is 1.61 bits per heavy atom. The lowest BCUT2D eigenvalue weighted by Crippen LogP contribution is -2.30. The van der Waals surface area contributed by atoms with E-state index in [0.29, 0.717) is 17.7 Å². The smallest absolute Gasteiger partial charge is 0.264 e. The molecule has 0 spiro atoms. The summed E-state index contributed by atoms with van der Waals surface area (Å²) in [5.41, 5.74) is 1.21. The fourth-order valence-corrected chi connectivity index (χ4v) is 5.85. The Hall–Kier alpha value is -3.91. The van der Waals surface area contributed by atoms with Crippen LogP contribution >= 0.6 is 23.2 Å². The Morgan fingerprint density at radius 1 is 0.886 bits per heavy atom. The predicted octanol–water partition coefficient (Wildman–Crippen LogP) is 6.98. The maximum atomic E-state index is 13.2. The topological polar surface area (TPSA) is 142 Å². The number of carbonyl (C=O) groups excluding carboxylic acids is 3. The van der Waals surface area contributed by atoms with Gasteiger partial charge in [-0.2, -0.15) is 5.26 Å². The number of unbranched alkanes of at least 4 members (excludes halogenated alkanes) is 5. The van der Waals surface area contributed by atoms with Crippen molar-refractivity contribution >= 4 is 56.5 Å². The molecule has 3 aromatic carbocycles. The summed E-state index contributed by atoms with van der Waals surface area (Å²) < 4.78 is 33.2. The minimum atomic E-state index is -4.08. The largest absolute Gasteiger partial charge is 0.483 e. The van der Waals surface area contributed by atoms with E-state index in [-0.39, 0.29) is 43.8 Å². The van der Waals surface area contributed by atoms with Gasteiger partial charge in [-0.1, -0.05) is 62.2 Å². The van der Waals surface area contributed by atoms with Gasteiger partial charge < -0.3 is 10.1 Å². The third-order valence-corrected chi connectivity index (χ3v) is 8.45. The number of hydrogen-bond acceptors (Lipinski definition) is 7. The number of anilines is 1. The molecule has 44 heavy (non-hydrogen) atoms. The molecular formula is C32H33Cl2N3O6S. The maximum absolute atomic E-state index is 13.2. The van der Waals surface area contributed by atoms with Crippen LogP contribution in [0.4, 0.5) is 5.69 Å². The first kappa shape index (κ1) is 34.6. The molecule has 0 heterocycles. The molecule has 3 aromatic rings. The number of nitrogens with one attached hydrogen (secondary N) is 2. The van der Waals surface area contributed by atoms with Crippen molar-refractivity contribution < 1.29 is 27.5 Å². The van der Waals surface area contributed by atoms with E-state index >= 15 is 0 Å². The monoisotopic (exact) mass is 657 g/mol. The molecule has 0 radical (unpaired) electrons. The Labute approximate surface area is 267 Å². The first-order valence-corrected chi connectivity index (χ1v) is 16.3. The molecule has 0 saturated heterocycles. The van der Waals surface area contributed by atoms with Gasteiger partial charge in [0, 0.05) is 27.7 Å². The van der Waals surface area contributed by atoms with Crippen LogP contribution < -0.4 is 14.8 Å². The van der Waals surface area contributed by atoms with Crippen molar-refractivity contribution in [2.45, 2.75) is 63.7 Å². The average molecular weight is 659 g/mol. The van der Waals surface area contributed by atoms with Crippen LogP contribution in [-0.4, -0.2) is 32.6 Å². The summed E-state index contributed by atoms with van der Waals surface area (Å²) in [6.07, 6.45) is 5.98. The molecule has 9 nitrogen and oxygen atoms in total. The summed E-state index contributed by atoms with van der Waals surface area (Å²) >= 11 is 12.2. The van der Waals surface area contributed by atoms with E-state index in [0.717, 1.165) is 32.1 Å². The van der Waals surface area contributed by atoms with Crippen LogP contribution in [0.1, 0.15) is 78.9 Å². The number of aryl methyl sites for hydroxylation is 1. The van der Waals surface area contributed by atoms with Crippen LogP contribution in [0.3, 0.4) is 0 Å². The molecule has 0 unspecified atom stereocenters. The van der Waals surface area contributed by atoms with Crippen molar-refractivity contribution in [1.29, 1.82) is 5.26 Å².